The molecule has 198 valence electrons. The maximum atomic E-state index is 11.4. The first kappa shape index (κ1) is 26.5. The molecule has 2 aromatic rings. The van der Waals surface area contributed by atoms with Gasteiger partial charge in [0, 0.05) is 25.0 Å². The number of nitrogens with one attached hydrogen (secondary N) is 1. The first-order valence-corrected chi connectivity index (χ1v) is 13.0. The summed E-state index contributed by atoms with van der Waals surface area (Å²) >= 11 is 0. The van der Waals surface area contributed by atoms with Crippen molar-refractivity contribution in [3.8, 4) is 23.0 Å². The second kappa shape index (κ2) is 12.6. The molecule has 2 aromatic carbocycles. The van der Waals surface area contributed by atoms with Gasteiger partial charge in [0.15, 0.2) is 11.5 Å². The Bertz CT molecular complexity index is 946. The molecule has 8 nitrogen and oxygen atoms in total. The molecule has 2 aliphatic heterocycles. The van der Waals surface area contributed by atoms with Gasteiger partial charge in [0.25, 0.3) is 0 Å². The number of piperidine rings is 1. The molecule has 0 radical (unpaired) electrons. The quantitative estimate of drug-likeness (QED) is 0.404. The number of fused-ring (bicyclic) bond motifs is 1. The number of rotatable bonds is 11. The van der Waals surface area contributed by atoms with E-state index in [4.69, 9.17) is 18.9 Å². The number of nitrogens with zero attached hydrogens (tertiary/aromatic N) is 1. The van der Waals surface area contributed by atoms with Crippen LogP contribution in [-0.2, 0) is 0 Å². The highest BCUT2D eigenvalue weighted by Gasteiger charge is 2.32. The molecule has 36 heavy (non-hydrogen) atoms. The van der Waals surface area contributed by atoms with E-state index in [9.17, 15) is 10.2 Å². The van der Waals surface area contributed by atoms with Crippen LogP contribution in [-0.4, -0.2) is 72.9 Å². The number of aliphatic hydroxyl groups is 2. The molecule has 2 aliphatic rings. The van der Waals surface area contributed by atoms with E-state index in [0.717, 1.165) is 24.2 Å². The van der Waals surface area contributed by atoms with Gasteiger partial charge in [-0.25, -0.2) is 0 Å². The van der Waals surface area contributed by atoms with E-state index >= 15 is 0 Å². The number of methoxy groups -OCH3 is 1. The summed E-state index contributed by atoms with van der Waals surface area (Å²) in [5.41, 5.74) is 0.732. The fourth-order valence-corrected chi connectivity index (χ4v) is 5.07. The van der Waals surface area contributed by atoms with Crippen LogP contribution in [0.2, 0.25) is 0 Å². The van der Waals surface area contributed by atoms with Crippen molar-refractivity contribution in [3.63, 3.8) is 0 Å². The van der Waals surface area contributed by atoms with Crippen LogP contribution in [0.4, 0.5) is 0 Å². The molecule has 2 heterocycles. The third kappa shape index (κ3) is 6.82. The molecule has 4 rings (SSSR count). The first-order chi connectivity index (χ1) is 17.4. The predicted molar refractivity (Wildman–Crippen MR) is 138 cm³/mol. The fourth-order valence-electron chi connectivity index (χ4n) is 5.07. The Balaban J connectivity index is 1.42. The Hall–Kier alpha value is -2.52. The van der Waals surface area contributed by atoms with Crippen LogP contribution in [0.25, 0.3) is 0 Å². The van der Waals surface area contributed by atoms with Crippen LogP contribution in [0.5, 0.6) is 23.0 Å². The molecule has 1 saturated heterocycles. The lowest BCUT2D eigenvalue weighted by Gasteiger charge is -2.42. The number of hydrogen-bond acceptors (Lipinski definition) is 8. The minimum atomic E-state index is -0.837. The van der Waals surface area contributed by atoms with Crippen molar-refractivity contribution in [1.29, 1.82) is 0 Å². The topological polar surface area (TPSA) is 92.7 Å². The highest BCUT2D eigenvalue weighted by atomic mass is 16.6. The predicted octanol–water partition coefficient (Wildman–Crippen LogP) is 3.51. The third-order valence-corrected chi connectivity index (χ3v) is 7.20. The molecular weight excluding hydrogens is 460 g/mol. The van der Waals surface area contributed by atoms with Gasteiger partial charge in [0.1, 0.15) is 30.9 Å². The summed E-state index contributed by atoms with van der Waals surface area (Å²) in [6.45, 7) is 6.45. The van der Waals surface area contributed by atoms with E-state index < -0.39 is 12.3 Å². The smallest absolute Gasteiger partial charge is 0.161 e. The van der Waals surface area contributed by atoms with Gasteiger partial charge in [-0.05, 0) is 68.7 Å². The van der Waals surface area contributed by atoms with Crippen molar-refractivity contribution in [2.45, 2.75) is 70.0 Å². The summed E-state index contributed by atoms with van der Waals surface area (Å²) < 4.78 is 22.3. The van der Waals surface area contributed by atoms with Crippen molar-refractivity contribution in [2.75, 3.05) is 33.5 Å². The fraction of sp³-hybridized carbons (Fsp3) is 0.571. The summed E-state index contributed by atoms with van der Waals surface area (Å²) in [6.07, 6.45) is 2.19. The monoisotopic (exact) mass is 500 g/mol. The lowest BCUT2D eigenvalue weighted by molar-refractivity contribution is 0.0152. The van der Waals surface area contributed by atoms with Gasteiger partial charge >= 0.3 is 0 Å². The Labute approximate surface area is 214 Å². The Morgan fingerprint density at radius 3 is 2.33 bits per heavy atom. The number of likely N-dealkylation sites (tertiary alicyclic amines) is 1. The van der Waals surface area contributed by atoms with Crippen molar-refractivity contribution < 1.29 is 29.2 Å². The minimum absolute atomic E-state index is 0.337. The van der Waals surface area contributed by atoms with Gasteiger partial charge < -0.3 is 29.2 Å². The van der Waals surface area contributed by atoms with Crippen molar-refractivity contribution in [2.24, 2.45) is 0 Å². The van der Waals surface area contributed by atoms with E-state index in [2.05, 4.69) is 24.1 Å². The molecular formula is C28H40N2O6. The van der Waals surface area contributed by atoms with Crippen molar-refractivity contribution in [1.82, 2.24) is 10.2 Å². The summed E-state index contributed by atoms with van der Waals surface area (Å²) in [5.74, 6) is 2.81. The molecule has 0 aliphatic carbocycles. The third-order valence-electron chi connectivity index (χ3n) is 7.20. The lowest BCUT2D eigenvalue weighted by atomic mass is 9.94. The van der Waals surface area contributed by atoms with Crippen LogP contribution in [0.15, 0.2) is 42.5 Å². The van der Waals surface area contributed by atoms with E-state index in [0.29, 0.717) is 62.1 Å². The zero-order chi connectivity index (χ0) is 25.5. The van der Waals surface area contributed by atoms with Gasteiger partial charge in [-0.3, -0.25) is 10.2 Å². The van der Waals surface area contributed by atoms with Crippen LogP contribution in [0.1, 0.15) is 51.2 Å². The average Bonchev–Trinajstić information content (AvgIpc) is 2.90. The first-order valence-electron chi connectivity index (χ1n) is 13.0. The summed E-state index contributed by atoms with van der Waals surface area (Å²) in [5, 5.41) is 25.6. The molecule has 2 unspecified atom stereocenters. The molecule has 1 fully saturated rings. The highest BCUT2D eigenvalue weighted by Crippen LogP contribution is 2.34. The normalized spacial score (nSPS) is 22.5. The Kier molecular flexibility index (Phi) is 9.31. The summed E-state index contributed by atoms with van der Waals surface area (Å²) in [7, 11) is 1.62. The molecule has 8 heteroatoms. The Morgan fingerprint density at radius 1 is 0.972 bits per heavy atom. The van der Waals surface area contributed by atoms with Gasteiger partial charge in [-0.15, -0.1) is 0 Å². The second-order valence-electron chi connectivity index (χ2n) is 9.78. The second-order valence-corrected chi connectivity index (χ2v) is 9.78. The van der Waals surface area contributed by atoms with Gasteiger partial charge in [-0.1, -0.05) is 12.5 Å². The minimum Gasteiger partial charge on any atom is -0.497 e. The zero-order valence-electron chi connectivity index (χ0n) is 21.6. The number of hydrogen-bond donors (Lipinski definition) is 3. The highest BCUT2D eigenvalue weighted by molar-refractivity contribution is 5.44. The molecule has 0 saturated carbocycles. The van der Waals surface area contributed by atoms with E-state index in [1.807, 2.05) is 42.5 Å². The van der Waals surface area contributed by atoms with Crippen LogP contribution >= 0.6 is 0 Å². The number of benzene rings is 2. The van der Waals surface area contributed by atoms with E-state index in [1.165, 1.54) is 6.42 Å². The van der Waals surface area contributed by atoms with Gasteiger partial charge in [-0.2, -0.15) is 0 Å². The van der Waals surface area contributed by atoms with Gasteiger partial charge in [0.2, 0.25) is 0 Å². The van der Waals surface area contributed by atoms with Crippen molar-refractivity contribution >= 4 is 0 Å². The summed E-state index contributed by atoms with van der Waals surface area (Å²) in [6, 6.07) is 13.4. The zero-order valence-corrected chi connectivity index (χ0v) is 21.6. The molecule has 0 amide bonds. The van der Waals surface area contributed by atoms with Crippen molar-refractivity contribution in [3.05, 3.63) is 48.0 Å². The molecule has 3 N–H and O–H groups in total. The molecule has 5 atom stereocenters. The largest absolute Gasteiger partial charge is 0.497 e. The molecule has 0 bridgehead atoms. The van der Waals surface area contributed by atoms with Crippen LogP contribution < -0.4 is 24.3 Å². The lowest BCUT2D eigenvalue weighted by Crippen LogP contribution is -2.54. The Morgan fingerprint density at radius 2 is 1.64 bits per heavy atom. The molecule has 0 aromatic heterocycles. The maximum absolute atomic E-state index is 11.4. The molecule has 0 spiro atoms. The number of ether oxygens (including phenoxy) is 4. The van der Waals surface area contributed by atoms with Crippen LogP contribution in [0.3, 0.4) is 0 Å². The van der Waals surface area contributed by atoms with E-state index in [1.54, 1.807) is 7.11 Å². The van der Waals surface area contributed by atoms with Gasteiger partial charge in [0.05, 0.1) is 25.9 Å². The number of aliphatic hydroxyl groups excluding tert-OH is 2. The summed E-state index contributed by atoms with van der Waals surface area (Å²) in [4.78, 5) is 2.43. The maximum Gasteiger partial charge on any atom is 0.161 e. The van der Waals surface area contributed by atoms with E-state index in [-0.39, 0.29) is 6.04 Å². The van der Waals surface area contributed by atoms with Crippen LogP contribution in [0, 0.1) is 0 Å². The average molecular weight is 501 g/mol. The standard InChI is InChI=1S/C28H40N2O6/c1-19-5-4-6-20(2)30(19)18-24(28(32)21-7-12-25-26(17-21)36-16-15-35-25)29-27(31)13-14-34-23-10-8-22(33-3)9-11-23/h7-12,17,19-20,24,27-29,31-32H,4-6,13-16,18H2,1-3H3/t19?,20?,24-,27+,28+/m1/s1. The SMILES string of the molecule is COc1ccc(OCC[C@H](O)N[C@H](CN2C(C)CCCC2C)[C@@H](O)c2ccc3c(c2)OCCO3)cc1.